The maximum atomic E-state index is 12.5. The number of carbonyl (C=O) groups is 2. The first-order valence-electron chi connectivity index (χ1n) is 8.25. The summed E-state index contributed by atoms with van der Waals surface area (Å²) in [6, 6.07) is 8.17. The number of nitrogens with one attached hydrogen (secondary N) is 1. The van der Waals surface area contributed by atoms with Crippen molar-refractivity contribution >= 4 is 51.7 Å². The Morgan fingerprint density at radius 2 is 1.89 bits per heavy atom. The Hall–Kier alpha value is -2.90. The van der Waals surface area contributed by atoms with E-state index in [4.69, 9.17) is 23.2 Å². The lowest BCUT2D eigenvalue weighted by atomic mass is 10.1. The summed E-state index contributed by atoms with van der Waals surface area (Å²) in [5.41, 5.74) is 0.769. The second-order valence-corrected chi connectivity index (χ2v) is 6.95. The van der Waals surface area contributed by atoms with E-state index in [1.54, 1.807) is 30.4 Å². The highest BCUT2D eigenvalue weighted by Crippen LogP contribution is 2.33. The van der Waals surface area contributed by atoms with Gasteiger partial charge in [0.1, 0.15) is 5.82 Å². The van der Waals surface area contributed by atoms with Gasteiger partial charge in [-0.05, 0) is 41.3 Å². The van der Waals surface area contributed by atoms with Gasteiger partial charge in [-0.15, -0.1) is 0 Å². The number of halogens is 2. The highest BCUT2D eigenvalue weighted by Gasteiger charge is 2.16. The first-order chi connectivity index (χ1) is 13.3. The van der Waals surface area contributed by atoms with Gasteiger partial charge in [0.25, 0.3) is 0 Å². The Bertz CT molecular complexity index is 1040. The third kappa shape index (κ3) is 4.49. The fraction of sp³-hybridized carbons (Fsp3) is 0.158. The van der Waals surface area contributed by atoms with Crippen LogP contribution in [0, 0.1) is 0 Å². The Labute approximate surface area is 170 Å². The van der Waals surface area contributed by atoms with E-state index < -0.39 is 5.97 Å². The molecule has 0 aliphatic carbocycles. The van der Waals surface area contributed by atoms with Gasteiger partial charge in [0.2, 0.25) is 5.91 Å². The molecule has 0 aliphatic rings. The minimum Gasteiger partial charge on any atom is -0.477 e. The minimum absolute atomic E-state index is 0.0777. The number of aromatic nitrogens is 2. The summed E-state index contributed by atoms with van der Waals surface area (Å²) in [7, 11) is 1.68. The molecule has 0 saturated heterocycles. The molecule has 3 aromatic rings. The Morgan fingerprint density at radius 3 is 2.57 bits per heavy atom. The predicted octanol–water partition coefficient (Wildman–Crippen LogP) is 3.71. The molecule has 0 unspecified atom stereocenters. The third-order valence-electron chi connectivity index (χ3n) is 4.07. The number of benzene rings is 1. The normalized spacial score (nSPS) is 10.7. The van der Waals surface area contributed by atoms with Crippen molar-refractivity contribution < 1.29 is 14.7 Å². The van der Waals surface area contributed by atoms with E-state index in [9.17, 15) is 14.7 Å². The zero-order valence-electron chi connectivity index (χ0n) is 14.8. The van der Waals surface area contributed by atoms with Gasteiger partial charge in [-0.3, -0.25) is 9.78 Å². The number of fused-ring (bicyclic) bond motifs is 1. The van der Waals surface area contributed by atoms with E-state index in [1.165, 1.54) is 12.1 Å². The number of anilines is 1. The number of carbonyl (C=O) groups excluding carboxylic acids is 1. The van der Waals surface area contributed by atoms with Gasteiger partial charge in [-0.1, -0.05) is 23.2 Å². The average Bonchev–Trinajstić information content (AvgIpc) is 2.65. The van der Waals surface area contributed by atoms with Crippen molar-refractivity contribution in [3.05, 3.63) is 64.0 Å². The molecule has 28 heavy (non-hydrogen) atoms. The number of hydrogen-bond donors (Lipinski definition) is 2. The SMILES string of the molecule is CN(Cc1ccncc1)C(=O)CNc1nc(C(=O)O)cc2cc(Cl)cc(Cl)c12. The van der Waals surface area contributed by atoms with Crippen molar-refractivity contribution in [2.24, 2.45) is 0 Å². The van der Waals surface area contributed by atoms with Crippen LogP contribution in [0.2, 0.25) is 10.0 Å². The number of likely N-dealkylation sites (N-methyl/N-ethyl adjacent to an activating group) is 1. The number of rotatable bonds is 6. The molecule has 9 heteroatoms. The van der Waals surface area contributed by atoms with Crippen LogP contribution in [0.4, 0.5) is 5.82 Å². The van der Waals surface area contributed by atoms with Crippen LogP contribution in [0.15, 0.2) is 42.7 Å². The molecule has 1 aromatic carbocycles. The van der Waals surface area contributed by atoms with Gasteiger partial charge in [-0.25, -0.2) is 9.78 Å². The van der Waals surface area contributed by atoms with Crippen molar-refractivity contribution in [3.63, 3.8) is 0 Å². The summed E-state index contributed by atoms with van der Waals surface area (Å²) in [6.45, 7) is 0.342. The number of amides is 1. The van der Waals surface area contributed by atoms with E-state index in [1.807, 2.05) is 12.1 Å². The summed E-state index contributed by atoms with van der Waals surface area (Å²) in [6.07, 6.45) is 3.32. The number of nitrogens with zero attached hydrogens (tertiary/aromatic N) is 3. The minimum atomic E-state index is -1.19. The van der Waals surface area contributed by atoms with Crippen LogP contribution in [0.3, 0.4) is 0 Å². The Balaban J connectivity index is 1.83. The lowest BCUT2D eigenvalue weighted by Gasteiger charge is -2.18. The highest BCUT2D eigenvalue weighted by molar-refractivity contribution is 6.39. The largest absolute Gasteiger partial charge is 0.477 e. The molecule has 3 rings (SSSR count). The summed E-state index contributed by atoms with van der Waals surface area (Å²) in [5, 5.41) is 13.9. The van der Waals surface area contributed by atoms with E-state index >= 15 is 0 Å². The van der Waals surface area contributed by atoms with Gasteiger partial charge in [0, 0.05) is 36.4 Å². The van der Waals surface area contributed by atoms with Crippen LogP contribution in [-0.4, -0.2) is 45.4 Å². The van der Waals surface area contributed by atoms with Crippen molar-refractivity contribution in [1.82, 2.24) is 14.9 Å². The topological polar surface area (TPSA) is 95.4 Å². The molecule has 2 heterocycles. The van der Waals surface area contributed by atoms with Crippen LogP contribution in [-0.2, 0) is 11.3 Å². The number of pyridine rings is 2. The fourth-order valence-corrected chi connectivity index (χ4v) is 3.29. The molecule has 1 amide bonds. The number of carboxylic acids is 1. The lowest BCUT2D eigenvalue weighted by Crippen LogP contribution is -2.32. The molecule has 0 radical (unpaired) electrons. The fourth-order valence-electron chi connectivity index (χ4n) is 2.70. The van der Waals surface area contributed by atoms with Crippen molar-refractivity contribution in [2.45, 2.75) is 6.54 Å². The summed E-state index contributed by atoms with van der Waals surface area (Å²) in [4.78, 5) is 33.4. The standard InChI is InChI=1S/C19H16Cl2N4O3/c1-25(10-11-2-4-22-5-3-11)16(26)9-23-18-17-12(6-13(20)8-14(17)21)7-15(24-18)19(27)28/h2-8H,9-10H2,1H3,(H,23,24)(H,27,28). The van der Waals surface area contributed by atoms with Crippen LogP contribution < -0.4 is 5.32 Å². The molecule has 0 aliphatic heterocycles. The van der Waals surface area contributed by atoms with Crippen LogP contribution in [0.25, 0.3) is 10.8 Å². The zero-order chi connectivity index (χ0) is 20.3. The van der Waals surface area contributed by atoms with Gasteiger partial charge in [0.15, 0.2) is 5.69 Å². The number of hydrogen-bond acceptors (Lipinski definition) is 5. The highest BCUT2D eigenvalue weighted by atomic mass is 35.5. The van der Waals surface area contributed by atoms with Gasteiger partial charge < -0.3 is 15.3 Å². The summed E-state index contributed by atoms with van der Waals surface area (Å²) < 4.78 is 0. The number of carboxylic acid groups (broad SMARTS) is 1. The Kier molecular flexibility index (Phi) is 5.96. The van der Waals surface area contributed by atoms with E-state index in [-0.39, 0.29) is 24.0 Å². The molecule has 7 nitrogen and oxygen atoms in total. The molecular weight excluding hydrogens is 403 g/mol. The first kappa shape index (κ1) is 19.9. The molecule has 144 valence electrons. The number of aromatic carboxylic acids is 1. The molecule has 0 atom stereocenters. The van der Waals surface area contributed by atoms with Crippen LogP contribution in [0.1, 0.15) is 16.1 Å². The smallest absolute Gasteiger partial charge is 0.354 e. The maximum Gasteiger partial charge on any atom is 0.354 e. The monoisotopic (exact) mass is 418 g/mol. The molecule has 2 N–H and O–H groups in total. The molecule has 0 bridgehead atoms. The zero-order valence-corrected chi connectivity index (χ0v) is 16.3. The lowest BCUT2D eigenvalue weighted by molar-refractivity contribution is -0.128. The van der Waals surface area contributed by atoms with Crippen molar-refractivity contribution in [3.8, 4) is 0 Å². The average molecular weight is 419 g/mol. The molecule has 0 spiro atoms. The second-order valence-electron chi connectivity index (χ2n) is 6.11. The van der Waals surface area contributed by atoms with Crippen LogP contribution in [0.5, 0.6) is 0 Å². The van der Waals surface area contributed by atoms with Gasteiger partial charge in [0.05, 0.1) is 11.6 Å². The van der Waals surface area contributed by atoms with Crippen LogP contribution >= 0.6 is 23.2 Å². The summed E-state index contributed by atoms with van der Waals surface area (Å²) in [5.74, 6) is -1.18. The van der Waals surface area contributed by atoms with Gasteiger partial charge in [-0.2, -0.15) is 0 Å². The van der Waals surface area contributed by atoms with E-state index in [0.717, 1.165) is 5.56 Å². The molecule has 0 fully saturated rings. The molecular formula is C19H16Cl2N4O3. The van der Waals surface area contributed by atoms with Gasteiger partial charge >= 0.3 is 5.97 Å². The Morgan fingerprint density at radius 1 is 1.18 bits per heavy atom. The van der Waals surface area contributed by atoms with Crippen molar-refractivity contribution in [2.75, 3.05) is 18.9 Å². The quantitative estimate of drug-likeness (QED) is 0.633. The van der Waals surface area contributed by atoms with E-state index in [0.29, 0.717) is 27.4 Å². The molecule has 0 saturated carbocycles. The third-order valence-corrected chi connectivity index (χ3v) is 4.58. The summed E-state index contributed by atoms with van der Waals surface area (Å²) >= 11 is 12.3. The first-order valence-corrected chi connectivity index (χ1v) is 9.00. The molecule has 2 aromatic heterocycles. The van der Waals surface area contributed by atoms with E-state index in [2.05, 4.69) is 15.3 Å². The second kappa shape index (κ2) is 8.41. The maximum absolute atomic E-state index is 12.5. The van der Waals surface area contributed by atoms with Crippen molar-refractivity contribution in [1.29, 1.82) is 0 Å². The predicted molar refractivity (Wildman–Crippen MR) is 108 cm³/mol.